The molecule has 2 aromatic heterocycles. The monoisotopic (exact) mass is 544 g/mol. The van der Waals surface area contributed by atoms with Crippen molar-refractivity contribution < 1.29 is 0 Å². The van der Waals surface area contributed by atoms with Gasteiger partial charge < -0.3 is 4.90 Å². The van der Waals surface area contributed by atoms with Gasteiger partial charge in [-0.3, -0.25) is 5.01 Å². The molecule has 0 unspecified atom stereocenters. The first-order valence-electron chi connectivity index (χ1n) is 12.1. The summed E-state index contributed by atoms with van der Waals surface area (Å²) in [5.74, 6) is 0. The summed E-state index contributed by atoms with van der Waals surface area (Å²) < 4.78 is 4.18. The van der Waals surface area contributed by atoms with Crippen LogP contribution in [0.5, 0.6) is 0 Å². The van der Waals surface area contributed by atoms with Crippen molar-refractivity contribution in [3.8, 4) is 5.69 Å². The van der Waals surface area contributed by atoms with Gasteiger partial charge >= 0.3 is 0 Å². The summed E-state index contributed by atoms with van der Waals surface area (Å²) in [6.07, 6.45) is 1.97. The number of para-hydroxylation sites is 2. The highest BCUT2D eigenvalue weighted by Gasteiger charge is 2.20. The van der Waals surface area contributed by atoms with Crippen LogP contribution in [0.3, 0.4) is 0 Å². The molecule has 1 aliphatic rings. The van der Waals surface area contributed by atoms with E-state index in [1.807, 2.05) is 54.2 Å². The molecule has 0 aliphatic carbocycles. The minimum Gasteiger partial charge on any atom is -0.368 e. The minimum atomic E-state index is 0.762. The van der Waals surface area contributed by atoms with Gasteiger partial charge in [0, 0.05) is 23.8 Å². The quantitative estimate of drug-likeness (QED) is 0.221. The lowest BCUT2D eigenvalue weighted by atomic mass is 10.2. The molecule has 9 heteroatoms. The van der Waals surface area contributed by atoms with Gasteiger partial charge in [-0.2, -0.15) is 10.2 Å². The molecular formula is C28H25ClN6S2. The van der Waals surface area contributed by atoms with Crippen molar-refractivity contribution in [3.05, 3.63) is 95.1 Å². The van der Waals surface area contributed by atoms with Crippen molar-refractivity contribution in [2.45, 2.75) is 16.3 Å². The predicted octanol–water partition coefficient (Wildman–Crippen LogP) is 6.75. The van der Waals surface area contributed by atoms with E-state index < -0.39 is 0 Å². The van der Waals surface area contributed by atoms with Gasteiger partial charge in [0.05, 0.1) is 46.5 Å². The smallest absolute Gasteiger partial charge is 0.157 e. The van der Waals surface area contributed by atoms with E-state index in [4.69, 9.17) is 26.8 Å². The summed E-state index contributed by atoms with van der Waals surface area (Å²) in [5, 5.41) is 13.7. The van der Waals surface area contributed by atoms with Crippen LogP contribution in [0.15, 0.2) is 93.3 Å². The number of hydrogen-bond acceptors (Lipinski definition) is 7. The average Bonchev–Trinajstić information content (AvgIpc) is 3.49. The molecule has 6 nitrogen and oxygen atoms in total. The summed E-state index contributed by atoms with van der Waals surface area (Å²) in [6.45, 7) is 5.57. The number of nitrogens with zero attached hydrogens (tertiary/aromatic N) is 6. The lowest BCUT2D eigenvalue weighted by molar-refractivity contribution is 0.272. The van der Waals surface area contributed by atoms with E-state index in [2.05, 4.69) is 52.4 Å². The van der Waals surface area contributed by atoms with E-state index in [-0.39, 0.29) is 0 Å². The van der Waals surface area contributed by atoms with Crippen LogP contribution in [0.25, 0.3) is 15.9 Å². The normalized spacial score (nSPS) is 14.2. The molecule has 0 atom stereocenters. The third-order valence-corrected chi connectivity index (χ3v) is 8.75. The molecule has 0 radical (unpaired) electrons. The molecule has 0 spiro atoms. The first-order valence-corrected chi connectivity index (χ1v) is 14.1. The molecule has 6 rings (SSSR count). The van der Waals surface area contributed by atoms with Crippen LogP contribution in [0, 0.1) is 6.92 Å². The minimum absolute atomic E-state index is 0.762. The number of rotatable bonds is 6. The van der Waals surface area contributed by atoms with E-state index in [9.17, 15) is 0 Å². The zero-order valence-electron chi connectivity index (χ0n) is 20.3. The second-order valence-corrected chi connectivity index (χ2v) is 11.5. The van der Waals surface area contributed by atoms with E-state index in [0.717, 1.165) is 63.0 Å². The number of hydrogen-bond donors (Lipinski definition) is 0. The van der Waals surface area contributed by atoms with Crippen molar-refractivity contribution in [3.63, 3.8) is 0 Å². The molecule has 0 bridgehead atoms. The number of halogens is 1. The van der Waals surface area contributed by atoms with Gasteiger partial charge in [-0.05, 0) is 67.2 Å². The van der Waals surface area contributed by atoms with Gasteiger partial charge in [0.2, 0.25) is 0 Å². The number of thiazole rings is 1. The maximum atomic E-state index is 6.05. The number of hydrazone groups is 1. The van der Waals surface area contributed by atoms with Crippen LogP contribution >= 0.6 is 34.7 Å². The Bertz CT molecular complexity index is 1500. The highest BCUT2D eigenvalue weighted by Crippen LogP contribution is 2.37. The Kier molecular flexibility index (Phi) is 6.87. The van der Waals surface area contributed by atoms with Crippen molar-refractivity contribution in [2.75, 3.05) is 31.1 Å². The largest absolute Gasteiger partial charge is 0.368 e. The molecule has 1 fully saturated rings. The summed E-state index contributed by atoms with van der Waals surface area (Å²) >= 11 is 9.40. The van der Waals surface area contributed by atoms with Gasteiger partial charge in [-0.15, -0.1) is 11.3 Å². The summed E-state index contributed by atoms with van der Waals surface area (Å²) in [5.41, 5.74) is 5.20. The van der Waals surface area contributed by atoms with Crippen molar-refractivity contribution in [2.24, 2.45) is 5.10 Å². The number of piperazine rings is 1. The van der Waals surface area contributed by atoms with Crippen molar-refractivity contribution >= 4 is 56.8 Å². The fourth-order valence-corrected chi connectivity index (χ4v) is 6.70. The summed E-state index contributed by atoms with van der Waals surface area (Å²) in [7, 11) is 0. The first-order chi connectivity index (χ1) is 18.1. The highest BCUT2D eigenvalue weighted by molar-refractivity contribution is 8.01. The van der Waals surface area contributed by atoms with Gasteiger partial charge in [0.1, 0.15) is 5.03 Å². The fourth-order valence-electron chi connectivity index (χ4n) is 4.35. The van der Waals surface area contributed by atoms with Crippen LogP contribution < -0.4 is 4.90 Å². The molecule has 0 saturated carbocycles. The Labute approximate surface area is 229 Å². The van der Waals surface area contributed by atoms with Crippen LogP contribution in [0.1, 0.15) is 11.3 Å². The van der Waals surface area contributed by atoms with Gasteiger partial charge in [-0.25, -0.2) is 9.67 Å². The summed E-state index contributed by atoms with van der Waals surface area (Å²) in [4.78, 5) is 7.23. The third kappa shape index (κ3) is 5.23. The van der Waals surface area contributed by atoms with Crippen LogP contribution in [0.4, 0.5) is 5.69 Å². The Morgan fingerprint density at radius 1 is 0.892 bits per heavy atom. The Morgan fingerprint density at radius 2 is 1.62 bits per heavy atom. The van der Waals surface area contributed by atoms with E-state index >= 15 is 0 Å². The third-order valence-electron chi connectivity index (χ3n) is 6.32. The second kappa shape index (κ2) is 10.6. The number of aromatic nitrogens is 3. The molecule has 3 aromatic carbocycles. The SMILES string of the molecule is Cc1nn(-c2ccccc2)c(Sc2nc3ccccc3s2)c1C=NN1CCN(c2ccc(Cl)cc2)CC1. The maximum Gasteiger partial charge on any atom is 0.157 e. The lowest BCUT2D eigenvalue weighted by Gasteiger charge is -2.34. The molecule has 37 heavy (non-hydrogen) atoms. The number of fused-ring (bicyclic) bond motifs is 1. The van der Waals surface area contributed by atoms with Crippen LogP contribution in [-0.4, -0.2) is 52.2 Å². The predicted molar refractivity (Wildman–Crippen MR) is 155 cm³/mol. The molecular weight excluding hydrogens is 520 g/mol. The number of benzene rings is 3. The molecule has 1 saturated heterocycles. The topological polar surface area (TPSA) is 49.6 Å². The first kappa shape index (κ1) is 24.0. The number of aryl methyl sites for hydroxylation is 1. The zero-order valence-corrected chi connectivity index (χ0v) is 22.7. The van der Waals surface area contributed by atoms with Crippen LogP contribution in [-0.2, 0) is 0 Å². The summed E-state index contributed by atoms with van der Waals surface area (Å²) in [6, 6.07) is 26.5. The lowest BCUT2D eigenvalue weighted by Crippen LogP contribution is -2.44. The Balaban J connectivity index is 1.26. The van der Waals surface area contributed by atoms with E-state index in [0.29, 0.717) is 0 Å². The zero-order chi connectivity index (χ0) is 25.2. The molecule has 186 valence electrons. The standard InChI is InChI=1S/C28H25ClN6S2/c1-20-24(19-30-34-17-15-33(16-18-34)22-13-11-21(29)12-14-22)27(35(32-20)23-7-3-2-4-8-23)37-28-31-25-9-5-6-10-26(25)36-28/h2-14,19H,15-18H2,1H3. The van der Waals surface area contributed by atoms with Gasteiger partial charge in [-0.1, -0.05) is 41.9 Å². The molecule has 0 amide bonds. The fraction of sp³-hybridized carbons (Fsp3) is 0.179. The molecule has 5 aromatic rings. The number of anilines is 1. The van der Waals surface area contributed by atoms with E-state index in [1.165, 1.54) is 10.4 Å². The average molecular weight is 545 g/mol. The molecule has 0 N–H and O–H groups in total. The molecule has 3 heterocycles. The van der Waals surface area contributed by atoms with Crippen molar-refractivity contribution in [1.29, 1.82) is 0 Å². The van der Waals surface area contributed by atoms with E-state index in [1.54, 1.807) is 23.1 Å². The van der Waals surface area contributed by atoms with Gasteiger partial charge in [0.15, 0.2) is 4.34 Å². The molecule has 1 aliphatic heterocycles. The van der Waals surface area contributed by atoms with Gasteiger partial charge in [0.25, 0.3) is 0 Å². The Hall–Kier alpha value is -3.33. The second-order valence-electron chi connectivity index (χ2n) is 8.76. The van der Waals surface area contributed by atoms with Crippen LogP contribution in [0.2, 0.25) is 5.02 Å². The highest BCUT2D eigenvalue weighted by atomic mass is 35.5. The maximum absolute atomic E-state index is 6.05. The Morgan fingerprint density at radius 3 is 2.38 bits per heavy atom. The van der Waals surface area contributed by atoms with Crippen molar-refractivity contribution in [1.82, 2.24) is 19.8 Å².